The predicted octanol–water partition coefficient (Wildman–Crippen LogP) is 3.81. The monoisotopic (exact) mass is 397 g/mol. The summed E-state index contributed by atoms with van der Waals surface area (Å²) < 4.78 is 16.5. The van der Waals surface area contributed by atoms with E-state index >= 15 is 0 Å². The predicted molar refractivity (Wildman–Crippen MR) is 114 cm³/mol. The molecule has 0 radical (unpaired) electrons. The third kappa shape index (κ3) is 5.30. The average Bonchev–Trinajstić information content (AvgIpc) is 2.77. The van der Waals surface area contributed by atoms with Crippen LogP contribution in [0.15, 0.2) is 42.5 Å². The van der Waals surface area contributed by atoms with E-state index in [2.05, 4.69) is 42.6 Å². The van der Waals surface area contributed by atoms with E-state index in [-0.39, 0.29) is 11.3 Å². The largest absolute Gasteiger partial charge is 0.493 e. The Morgan fingerprint density at radius 3 is 2.38 bits per heavy atom. The molecular weight excluding hydrogens is 366 g/mol. The molecule has 29 heavy (non-hydrogen) atoms. The van der Waals surface area contributed by atoms with Gasteiger partial charge < -0.3 is 19.5 Å². The molecule has 1 heterocycles. The molecule has 0 unspecified atom stereocenters. The van der Waals surface area contributed by atoms with Gasteiger partial charge in [0.15, 0.2) is 11.5 Å². The number of hydrogen-bond acceptors (Lipinski definition) is 4. The van der Waals surface area contributed by atoms with Crippen LogP contribution in [0.1, 0.15) is 36.0 Å². The van der Waals surface area contributed by atoms with Crippen LogP contribution >= 0.6 is 0 Å². The second kappa shape index (κ2) is 9.79. The lowest BCUT2D eigenvalue weighted by Gasteiger charge is -2.38. The molecule has 5 nitrogen and oxygen atoms in total. The fourth-order valence-electron chi connectivity index (χ4n) is 3.86. The zero-order valence-corrected chi connectivity index (χ0v) is 17.6. The van der Waals surface area contributed by atoms with Crippen molar-refractivity contribution in [1.29, 1.82) is 0 Å². The molecule has 3 rings (SSSR count). The summed E-state index contributed by atoms with van der Waals surface area (Å²) >= 11 is 0. The van der Waals surface area contributed by atoms with Crippen molar-refractivity contribution < 1.29 is 19.0 Å². The molecule has 1 amide bonds. The van der Waals surface area contributed by atoms with Gasteiger partial charge in [-0.15, -0.1) is 0 Å². The quantitative estimate of drug-likeness (QED) is 0.736. The van der Waals surface area contributed by atoms with Crippen molar-refractivity contribution in [2.24, 2.45) is 0 Å². The lowest BCUT2D eigenvalue weighted by atomic mass is 9.74. The Bertz CT molecular complexity index is 810. The Kier molecular flexibility index (Phi) is 7.15. The van der Waals surface area contributed by atoms with Crippen LogP contribution in [0.2, 0.25) is 0 Å². The van der Waals surface area contributed by atoms with Crippen LogP contribution in [0.5, 0.6) is 11.5 Å². The molecule has 0 aliphatic carbocycles. The van der Waals surface area contributed by atoms with Gasteiger partial charge in [0.2, 0.25) is 5.91 Å². The van der Waals surface area contributed by atoms with E-state index in [9.17, 15) is 4.79 Å². The van der Waals surface area contributed by atoms with Crippen molar-refractivity contribution in [2.75, 3.05) is 34.0 Å². The maximum absolute atomic E-state index is 12.5. The molecule has 0 saturated carbocycles. The highest BCUT2D eigenvalue weighted by atomic mass is 16.5. The zero-order chi connectivity index (χ0) is 20.7. The number of carbonyl (C=O) groups is 1. The summed E-state index contributed by atoms with van der Waals surface area (Å²) in [6.07, 6.45) is 2.96. The molecule has 1 N–H and O–H groups in total. The number of nitrogens with one attached hydrogen (secondary N) is 1. The standard InChI is InChI=1S/C24H31NO4/c1-18-4-6-19(7-5-18)8-11-23(26)25-17-24(12-14-29-15-13-24)20-9-10-21(27-2)22(16-20)28-3/h4-7,9-10,16H,8,11-15,17H2,1-3H3,(H,25,26). The van der Waals surface area contributed by atoms with Crippen LogP contribution < -0.4 is 14.8 Å². The molecule has 1 saturated heterocycles. The molecule has 1 aliphatic heterocycles. The maximum atomic E-state index is 12.5. The van der Waals surface area contributed by atoms with E-state index in [1.54, 1.807) is 14.2 Å². The van der Waals surface area contributed by atoms with Gasteiger partial charge in [-0.05, 0) is 49.4 Å². The lowest BCUT2D eigenvalue weighted by molar-refractivity contribution is -0.121. The van der Waals surface area contributed by atoms with Crippen molar-refractivity contribution >= 4 is 5.91 Å². The van der Waals surface area contributed by atoms with Crippen LogP contribution in [0.25, 0.3) is 0 Å². The van der Waals surface area contributed by atoms with Gasteiger partial charge in [0.05, 0.1) is 14.2 Å². The number of methoxy groups -OCH3 is 2. The molecule has 1 fully saturated rings. The first-order valence-electron chi connectivity index (χ1n) is 10.2. The number of amides is 1. The highest BCUT2D eigenvalue weighted by Crippen LogP contribution is 2.38. The summed E-state index contributed by atoms with van der Waals surface area (Å²) in [5, 5.41) is 3.17. The highest BCUT2D eigenvalue weighted by molar-refractivity contribution is 5.76. The molecule has 0 aromatic heterocycles. The van der Waals surface area contributed by atoms with Gasteiger partial charge in [-0.25, -0.2) is 0 Å². The van der Waals surface area contributed by atoms with Gasteiger partial charge in [0.1, 0.15) is 0 Å². The summed E-state index contributed by atoms with van der Waals surface area (Å²) in [7, 11) is 3.28. The molecule has 5 heteroatoms. The van der Waals surface area contributed by atoms with Crippen molar-refractivity contribution in [3.8, 4) is 11.5 Å². The minimum atomic E-state index is -0.155. The molecule has 0 spiro atoms. The Morgan fingerprint density at radius 2 is 1.72 bits per heavy atom. The van der Waals surface area contributed by atoms with E-state index < -0.39 is 0 Å². The molecule has 156 valence electrons. The Balaban J connectivity index is 1.67. The van der Waals surface area contributed by atoms with E-state index in [0.29, 0.717) is 37.7 Å². The average molecular weight is 398 g/mol. The van der Waals surface area contributed by atoms with Crippen LogP contribution in [0.3, 0.4) is 0 Å². The molecule has 0 atom stereocenters. The van der Waals surface area contributed by atoms with Crippen LogP contribution in [0, 0.1) is 6.92 Å². The Labute approximate surface area is 173 Å². The number of aryl methyl sites for hydroxylation is 2. The number of carbonyl (C=O) groups excluding carboxylic acids is 1. The van der Waals surface area contributed by atoms with Crippen LogP contribution in [-0.4, -0.2) is 39.9 Å². The minimum Gasteiger partial charge on any atom is -0.493 e. The molecular formula is C24H31NO4. The fraction of sp³-hybridized carbons (Fsp3) is 0.458. The van der Waals surface area contributed by atoms with Gasteiger partial charge in [-0.1, -0.05) is 35.9 Å². The lowest BCUT2D eigenvalue weighted by Crippen LogP contribution is -2.44. The van der Waals surface area contributed by atoms with Crippen molar-refractivity contribution in [3.63, 3.8) is 0 Å². The van der Waals surface area contributed by atoms with Gasteiger partial charge in [0.25, 0.3) is 0 Å². The first-order chi connectivity index (χ1) is 14.1. The van der Waals surface area contributed by atoms with Gasteiger partial charge >= 0.3 is 0 Å². The third-order valence-electron chi connectivity index (χ3n) is 5.83. The summed E-state index contributed by atoms with van der Waals surface area (Å²) in [5.41, 5.74) is 3.41. The summed E-state index contributed by atoms with van der Waals surface area (Å²) in [5.74, 6) is 1.50. The normalized spacial score (nSPS) is 15.6. The van der Waals surface area contributed by atoms with E-state index in [0.717, 1.165) is 24.8 Å². The smallest absolute Gasteiger partial charge is 0.220 e. The zero-order valence-electron chi connectivity index (χ0n) is 17.6. The van der Waals surface area contributed by atoms with E-state index in [1.165, 1.54) is 11.1 Å². The van der Waals surface area contributed by atoms with Crippen molar-refractivity contribution in [3.05, 3.63) is 59.2 Å². The van der Waals surface area contributed by atoms with Gasteiger partial charge in [-0.3, -0.25) is 4.79 Å². The first kappa shape index (κ1) is 21.2. The molecule has 0 bridgehead atoms. The summed E-state index contributed by atoms with van der Waals surface area (Å²) in [6.45, 7) is 4.04. The SMILES string of the molecule is COc1ccc(C2(CNC(=O)CCc3ccc(C)cc3)CCOCC2)cc1OC. The Morgan fingerprint density at radius 1 is 1.03 bits per heavy atom. The van der Waals surface area contributed by atoms with Crippen LogP contribution in [-0.2, 0) is 21.4 Å². The number of ether oxygens (including phenoxy) is 3. The summed E-state index contributed by atoms with van der Waals surface area (Å²) in [6, 6.07) is 14.4. The minimum absolute atomic E-state index is 0.0805. The van der Waals surface area contributed by atoms with Gasteiger partial charge in [0, 0.05) is 31.6 Å². The van der Waals surface area contributed by atoms with Crippen molar-refractivity contribution in [2.45, 2.75) is 38.0 Å². The highest BCUT2D eigenvalue weighted by Gasteiger charge is 2.35. The Hall–Kier alpha value is -2.53. The van der Waals surface area contributed by atoms with E-state index in [1.807, 2.05) is 12.1 Å². The second-order valence-electron chi connectivity index (χ2n) is 7.72. The molecule has 2 aromatic rings. The topological polar surface area (TPSA) is 56.8 Å². The van der Waals surface area contributed by atoms with Crippen LogP contribution in [0.4, 0.5) is 0 Å². The molecule has 1 aliphatic rings. The van der Waals surface area contributed by atoms with Gasteiger partial charge in [-0.2, -0.15) is 0 Å². The first-order valence-corrected chi connectivity index (χ1v) is 10.2. The van der Waals surface area contributed by atoms with Crippen molar-refractivity contribution in [1.82, 2.24) is 5.32 Å². The fourth-order valence-corrected chi connectivity index (χ4v) is 3.86. The number of benzene rings is 2. The second-order valence-corrected chi connectivity index (χ2v) is 7.72. The number of rotatable bonds is 8. The maximum Gasteiger partial charge on any atom is 0.220 e. The third-order valence-corrected chi connectivity index (χ3v) is 5.83. The summed E-state index contributed by atoms with van der Waals surface area (Å²) in [4.78, 5) is 12.5. The van der Waals surface area contributed by atoms with E-state index in [4.69, 9.17) is 14.2 Å². The number of hydrogen-bond donors (Lipinski definition) is 1. The molecule has 2 aromatic carbocycles.